The molecule has 0 aliphatic carbocycles. The summed E-state index contributed by atoms with van der Waals surface area (Å²) in [6, 6.07) is 11.0. The lowest BCUT2D eigenvalue weighted by atomic mass is 10.3. The van der Waals surface area contributed by atoms with Crippen molar-refractivity contribution in [1.82, 2.24) is 14.5 Å². The van der Waals surface area contributed by atoms with Crippen LogP contribution in [-0.2, 0) is 17.8 Å². The molecule has 0 radical (unpaired) electrons. The quantitative estimate of drug-likeness (QED) is 0.723. The average molecular weight is 295 g/mol. The number of nitrogens with two attached hydrogens (primary N) is 1. The Balaban J connectivity index is 1.90. The molecule has 0 aliphatic heterocycles. The molecule has 0 unspecified atom stereocenters. The Bertz CT molecular complexity index is 810. The van der Waals surface area contributed by atoms with Crippen molar-refractivity contribution in [3.05, 3.63) is 48.4 Å². The highest BCUT2D eigenvalue weighted by molar-refractivity contribution is 5.92. The number of hydrogen-bond acceptors (Lipinski definition) is 4. The Labute approximate surface area is 128 Å². The van der Waals surface area contributed by atoms with Gasteiger partial charge in [0.25, 0.3) is 0 Å². The average Bonchev–Trinajstić information content (AvgIpc) is 2.88. The van der Waals surface area contributed by atoms with E-state index in [1.165, 1.54) is 0 Å². The first-order chi connectivity index (χ1) is 10.7. The molecule has 112 valence electrons. The Morgan fingerprint density at radius 3 is 2.86 bits per heavy atom. The van der Waals surface area contributed by atoms with E-state index in [4.69, 9.17) is 5.73 Å². The molecule has 3 aromatic rings. The first-order valence-corrected chi connectivity index (χ1v) is 7.13. The fourth-order valence-electron chi connectivity index (χ4n) is 2.43. The Morgan fingerprint density at radius 2 is 2.14 bits per heavy atom. The molecule has 1 amide bonds. The molecule has 6 nitrogen and oxygen atoms in total. The molecule has 0 fully saturated rings. The number of pyridine rings is 1. The highest BCUT2D eigenvalue weighted by Crippen LogP contribution is 2.22. The van der Waals surface area contributed by atoms with Gasteiger partial charge >= 0.3 is 0 Å². The summed E-state index contributed by atoms with van der Waals surface area (Å²) >= 11 is 0. The van der Waals surface area contributed by atoms with Gasteiger partial charge in [-0.3, -0.25) is 4.79 Å². The fraction of sp³-hybridized carbons (Fsp3) is 0.188. The van der Waals surface area contributed by atoms with E-state index in [-0.39, 0.29) is 12.5 Å². The number of rotatable bonds is 4. The molecule has 1 aromatic carbocycles. The van der Waals surface area contributed by atoms with E-state index in [2.05, 4.69) is 15.3 Å². The number of aromatic nitrogens is 3. The zero-order valence-electron chi connectivity index (χ0n) is 12.3. The first kappa shape index (κ1) is 14.1. The predicted octanol–water partition coefficient (Wildman–Crippen LogP) is 2.21. The summed E-state index contributed by atoms with van der Waals surface area (Å²) in [5.74, 6) is 1.23. The SMILES string of the molecule is CCc1nc2c(N)cccc2n1CC(=O)Nc1ccccn1. The van der Waals surface area contributed by atoms with E-state index in [0.29, 0.717) is 11.5 Å². The van der Waals surface area contributed by atoms with E-state index >= 15 is 0 Å². The number of anilines is 2. The number of benzene rings is 1. The van der Waals surface area contributed by atoms with E-state index in [9.17, 15) is 4.79 Å². The number of carbonyl (C=O) groups is 1. The number of imidazole rings is 1. The smallest absolute Gasteiger partial charge is 0.245 e. The maximum absolute atomic E-state index is 12.2. The van der Waals surface area contributed by atoms with Crippen LogP contribution in [0.4, 0.5) is 11.5 Å². The van der Waals surface area contributed by atoms with Crippen LogP contribution in [0.5, 0.6) is 0 Å². The number of amides is 1. The van der Waals surface area contributed by atoms with Gasteiger partial charge in [0.1, 0.15) is 23.7 Å². The van der Waals surface area contributed by atoms with Gasteiger partial charge < -0.3 is 15.6 Å². The molecule has 6 heteroatoms. The highest BCUT2D eigenvalue weighted by atomic mass is 16.2. The number of aryl methyl sites for hydroxylation is 1. The van der Waals surface area contributed by atoms with Crippen LogP contribution in [0.15, 0.2) is 42.6 Å². The number of nitrogens with zero attached hydrogens (tertiary/aromatic N) is 3. The van der Waals surface area contributed by atoms with Crippen molar-refractivity contribution < 1.29 is 4.79 Å². The summed E-state index contributed by atoms with van der Waals surface area (Å²) in [4.78, 5) is 20.9. The van der Waals surface area contributed by atoms with E-state index in [0.717, 1.165) is 23.3 Å². The van der Waals surface area contributed by atoms with Crippen molar-refractivity contribution in [2.45, 2.75) is 19.9 Å². The lowest BCUT2D eigenvalue weighted by molar-refractivity contribution is -0.116. The number of nitrogen functional groups attached to an aromatic ring is 1. The maximum atomic E-state index is 12.2. The van der Waals surface area contributed by atoms with Crippen LogP contribution >= 0.6 is 0 Å². The van der Waals surface area contributed by atoms with Crippen LogP contribution in [-0.4, -0.2) is 20.4 Å². The minimum absolute atomic E-state index is 0.143. The number of nitrogens with one attached hydrogen (secondary N) is 1. The summed E-state index contributed by atoms with van der Waals surface area (Å²) in [7, 11) is 0. The number of para-hydroxylation sites is 1. The zero-order valence-corrected chi connectivity index (χ0v) is 12.3. The molecule has 2 heterocycles. The first-order valence-electron chi connectivity index (χ1n) is 7.13. The molecule has 0 saturated carbocycles. The monoisotopic (exact) mass is 295 g/mol. The van der Waals surface area contributed by atoms with Gasteiger partial charge in [-0.2, -0.15) is 0 Å². The van der Waals surface area contributed by atoms with Crippen LogP contribution in [0.25, 0.3) is 11.0 Å². The number of fused-ring (bicyclic) bond motifs is 1. The second kappa shape index (κ2) is 5.85. The van der Waals surface area contributed by atoms with Gasteiger partial charge in [0, 0.05) is 12.6 Å². The minimum atomic E-state index is -0.143. The Morgan fingerprint density at radius 1 is 1.27 bits per heavy atom. The summed E-state index contributed by atoms with van der Waals surface area (Å²) in [5.41, 5.74) is 8.19. The molecular formula is C16H17N5O. The largest absolute Gasteiger partial charge is 0.397 e. The summed E-state index contributed by atoms with van der Waals surface area (Å²) in [6.45, 7) is 2.18. The molecule has 0 spiro atoms. The number of hydrogen-bond donors (Lipinski definition) is 2. The van der Waals surface area contributed by atoms with Gasteiger partial charge in [0.15, 0.2) is 0 Å². The number of carbonyl (C=O) groups excluding carboxylic acids is 1. The van der Waals surface area contributed by atoms with Crippen molar-refractivity contribution >= 4 is 28.4 Å². The van der Waals surface area contributed by atoms with Crippen molar-refractivity contribution in [1.29, 1.82) is 0 Å². The molecule has 3 rings (SSSR count). The van der Waals surface area contributed by atoms with Gasteiger partial charge in [0.05, 0.1) is 11.2 Å². The van der Waals surface area contributed by atoms with Gasteiger partial charge in [-0.15, -0.1) is 0 Å². The lowest BCUT2D eigenvalue weighted by Gasteiger charge is -2.08. The lowest BCUT2D eigenvalue weighted by Crippen LogP contribution is -2.20. The zero-order chi connectivity index (χ0) is 15.5. The van der Waals surface area contributed by atoms with Crippen LogP contribution in [0, 0.1) is 0 Å². The van der Waals surface area contributed by atoms with Crippen molar-refractivity contribution in [3.63, 3.8) is 0 Å². The summed E-state index contributed by atoms with van der Waals surface area (Å²) in [5, 5.41) is 2.78. The second-order valence-electron chi connectivity index (χ2n) is 4.95. The standard InChI is InChI=1S/C16H17N5O/c1-2-14-20-16-11(17)6-5-7-12(16)21(14)10-15(22)19-13-8-3-4-9-18-13/h3-9H,2,10,17H2,1H3,(H,18,19,22). The van der Waals surface area contributed by atoms with Crippen molar-refractivity contribution in [2.75, 3.05) is 11.1 Å². The van der Waals surface area contributed by atoms with Gasteiger partial charge in [-0.05, 0) is 24.3 Å². The Kier molecular flexibility index (Phi) is 3.74. The molecule has 2 aromatic heterocycles. The molecule has 0 saturated heterocycles. The third kappa shape index (κ3) is 2.63. The third-order valence-electron chi connectivity index (χ3n) is 3.44. The minimum Gasteiger partial charge on any atom is -0.397 e. The van der Waals surface area contributed by atoms with Crippen molar-refractivity contribution in [2.24, 2.45) is 0 Å². The van der Waals surface area contributed by atoms with Gasteiger partial charge in [-0.25, -0.2) is 9.97 Å². The molecule has 3 N–H and O–H groups in total. The molecular weight excluding hydrogens is 278 g/mol. The normalized spacial score (nSPS) is 10.8. The van der Waals surface area contributed by atoms with E-state index in [1.54, 1.807) is 18.3 Å². The molecule has 0 bridgehead atoms. The van der Waals surface area contributed by atoms with Crippen LogP contribution in [0.3, 0.4) is 0 Å². The second-order valence-corrected chi connectivity index (χ2v) is 4.95. The molecule has 0 atom stereocenters. The van der Waals surface area contributed by atoms with Gasteiger partial charge in [0.2, 0.25) is 5.91 Å². The van der Waals surface area contributed by atoms with Crippen LogP contribution < -0.4 is 11.1 Å². The summed E-state index contributed by atoms with van der Waals surface area (Å²) < 4.78 is 1.89. The van der Waals surface area contributed by atoms with Crippen molar-refractivity contribution in [3.8, 4) is 0 Å². The molecule has 22 heavy (non-hydrogen) atoms. The third-order valence-corrected chi connectivity index (χ3v) is 3.44. The van der Waals surface area contributed by atoms with E-state index < -0.39 is 0 Å². The van der Waals surface area contributed by atoms with Crippen LogP contribution in [0.2, 0.25) is 0 Å². The Hall–Kier alpha value is -2.89. The van der Waals surface area contributed by atoms with Gasteiger partial charge in [-0.1, -0.05) is 19.1 Å². The summed E-state index contributed by atoms with van der Waals surface area (Å²) in [6.07, 6.45) is 2.37. The highest BCUT2D eigenvalue weighted by Gasteiger charge is 2.14. The van der Waals surface area contributed by atoms with E-state index in [1.807, 2.05) is 35.8 Å². The predicted molar refractivity (Wildman–Crippen MR) is 86.4 cm³/mol. The fourth-order valence-corrected chi connectivity index (χ4v) is 2.43. The maximum Gasteiger partial charge on any atom is 0.245 e. The molecule has 0 aliphatic rings. The topological polar surface area (TPSA) is 85.8 Å². The van der Waals surface area contributed by atoms with Crippen LogP contribution in [0.1, 0.15) is 12.7 Å².